The monoisotopic (exact) mass is 277 g/mol. The zero-order chi connectivity index (χ0) is 14.4. The molecule has 2 rings (SSSR count). The number of urea groups is 1. The zero-order valence-corrected chi connectivity index (χ0v) is 12.0. The van der Waals surface area contributed by atoms with Crippen LogP contribution in [0.3, 0.4) is 0 Å². The number of benzene rings is 1. The molecule has 0 spiro atoms. The summed E-state index contributed by atoms with van der Waals surface area (Å²) < 4.78 is 5.24. The first-order valence-electron chi connectivity index (χ1n) is 7.13. The van der Waals surface area contributed by atoms with Gasteiger partial charge in [-0.2, -0.15) is 0 Å². The number of nitrogens with one attached hydrogen (secondary N) is 1. The number of para-hydroxylation sites is 2. The first kappa shape index (κ1) is 14.7. The lowest BCUT2D eigenvalue weighted by atomic mass is 9.94. The molecule has 2 amide bonds. The maximum Gasteiger partial charge on any atom is 0.321 e. The van der Waals surface area contributed by atoms with Gasteiger partial charge in [0.2, 0.25) is 0 Å². The van der Waals surface area contributed by atoms with E-state index >= 15 is 0 Å². The van der Waals surface area contributed by atoms with Gasteiger partial charge in [0.1, 0.15) is 5.75 Å². The number of nitrogens with two attached hydrogens (primary N) is 1. The van der Waals surface area contributed by atoms with Crippen LogP contribution in [0.2, 0.25) is 0 Å². The van der Waals surface area contributed by atoms with Crippen molar-refractivity contribution in [3.8, 4) is 5.75 Å². The van der Waals surface area contributed by atoms with E-state index in [0.717, 1.165) is 38.9 Å². The Hall–Kier alpha value is -1.75. The predicted octanol–water partition coefficient (Wildman–Crippen LogP) is 2.29. The molecule has 1 heterocycles. The van der Waals surface area contributed by atoms with Crippen molar-refractivity contribution >= 4 is 11.7 Å². The van der Waals surface area contributed by atoms with Crippen molar-refractivity contribution in [3.63, 3.8) is 0 Å². The number of carbonyl (C=O) groups excluding carboxylic acids is 1. The number of nitrogens with zero attached hydrogens (tertiary/aromatic N) is 1. The van der Waals surface area contributed by atoms with E-state index in [1.807, 2.05) is 29.2 Å². The first-order valence-corrected chi connectivity index (χ1v) is 7.13. The van der Waals surface area contributed by atoms with E-state index in [0.29, 0.717) is 17.4 Å². The van der Waals surface area contributed by atoms with Crippen LogP contribution in [0.25, 0.3) is 0 Å². The van der Waals surface area contributed by atoms with Gasteiger partial charge in [0.25, 0.3) is 0 Å². The smallest absolute Gasteiger partial charge is 0.321 e. The van der Waals surface area contributed by atoms with Crippen LogP contribution in [0.15, 0.2) is 24.3 Å². The van der Waals surface area contributed by atoms with Gasteiger partial charge in [0.05, 0.1) is 12.8 Å². The van der Waals surface area contributed by atoms with Crippen molar-refractivity contribution in [1.29, 1.82) is 0 Å². The summed E-state index contributed by atoms with van der Waals surface area (Å²) in [5.74, 6) is 1.34. The van der Waals surface area contributed by atoms with Crippen molar-refractivity contribution in [2.24, 2.45) is 11.7 Å². The Bertz CT molecular complexity index is 442. The number of methoxy groups -OCH3 is 1. The fourth-order valence-corrected chi connectivity index (χ4v) is 2.60. The summed E-state index contributed by atoms with van der Waals surface area (Å²) in [6.45, 7) is 2.33. The van der Waals surface area contributed by atoms with Gasteiger partial charge in [-0.25, -0.2) is 4.79 Å². The molecule has 1 aliphatic heterocycles. The van der Waals surface area contributed by atoms with Crippen LogP contribution in [0, 0.1) is 5.92 Å². The predicted molar refractivity (Wildman–Crippen MR) is 80.0 cm³/mol. The molecular formula is C15H23N3O2. The highest BCUT2D eigenvalue weighted by molar-refractivity contribution is 5.91. The van der Waals surface area contributed by atoms with Crippen molar-refractivity contribution in [2.75, 3.05) is 32.1 Å². The lowest BCUT2D eigenvalue weighted by Gasteiger charge is -2.32. The third kappa shape index (κ3) is 3.63. The van der Waals surface area contributed by atoms with E-state index in [1.54, 1.807) is 7.11 Å². The van der Waals surface area contributed by atoms with Gasteiger partial charge < -0.3 is 20.7 Å². The third-order valence-electron chi connectivity index (χ3n) is 3.83. The van der Waals surface area contributed by atoms with E-state index in [-0.39, 0.29) is 6.03 Å². The molecule has 1 fully saturated rings. The summed E-state index contributed by atoms with van der Waals surface area (Å²) in [5, 5.41) is 2.92. The third-order valence-corrected chi connectivity index (χ3v) is 3.83. The van der Waals surface area contributed by atoms with E-state index in [1.165, 1.54) is 0 Å². The standard InChI is InChI=1S/C15H23N3O2/c1-20-14-5-3-2-4-13(14)17-15(19)18-10-7-12(6-9-16)8-11-18/h2-5,12H,6-11,16H2,1H3,(H,17,19). The van der Waals surface area contributed by atoms with Crippen LogP contribution >= 0.6 is 0 Å². The SMILES string of the molecule is COc1ccccc1NC(=O)N1CCC(CCN)CC1. The molecule has 3 N–H and O–H groups in total. The molecule has 5 heteroatoms. The number of piperidine rings is 1. The van der Waals surface area contributed by atoms with Gasteiger partial charge in [-0.3, -0.25) is 0 Å². The Morgan fingerprint density at radius 1 is 1.40 bits per heavy atom. The van der Waals surface area contributed by atoms with Gasteiger partial charge in [-0.05, 0) is 43.9 Å². The number of anilines is 1. The molecule has 0 unspecified atom stereocenters. The average molecular weight is 277 g/mol. The Kier molecular flexibility index (Phi) is 5.24. The molecule has 1 saturated heterocycles. The fraction of sp³-hybridized carbons (Fsp3) is 0.533. The minimum absolute atomic E-state index is 0.0549. The van der Waals surface area contributed by atoms with Crippen LogP contribution in [0.5, 0.6) is 5.75 Å². The molecule has 110 valence electrons. The molecule has 0 radical (unpaired) electrons. The average Bonchev–Trinajstić information content (AvgIpc) is 2.49. The van der Waals surface area contributed by atoms with Crippen LogP contribution < -0.4 is 15.8 Å². The van der Waals surface area contributed by atoms with Crippen LogP contribution in [-0.4, -0.2) is 37.7 Å². The number of hydrogen-bond acceptors (Lipinski definition) is 3. The van der Waals surface area contributed by atoms with Crippen molar-refractivity contribution in [2.45, 2.75) is 19.3 Å². The van der Waals surface area contributed by atoms with E-state index in [4.69, 9.17) is 10.5 Å². The zero-order valence-electron chi connectivity index (χ0n) is 12.0. The van der Waals surface area contributed by atoms with Gasteiger partial charge in [-0.15, -0.1) is 0 Å². The lowest BCUT2D eigenvalue weighted by Crippen LogP contribution is -2.41. The molecule has 0 saturated carbocycles. The van der Waals surface area contributed by atoms with Gasteiger partial charge in [0, 0.05) is 13.1 Å². The number of hydrogen-bond donors (Lipinski definition) is 2. The molecule has 0 bridgehead atoms. The van der Waals surface area contributed by atoms with Gasteiger partial charge in [-0.1, -0.05) is 12.1 Å². The summed E-state index contributed by atoms with van der Waals surface area (Å²) in [7, 11) is 1.60. The van der Waals surface area contributed by atoms with E-state index in [2.05, 4.69) is 5.32 Å². The second-order valence-corrected chi connectivity index (χ2v) is 5.14. The summed E-state index contributed by atoms with van der Waals surface area (Å²) in [5.41, 5.74) is 6.29. The first-order chi connectivity index (χ1) is 9.74. The van der Waals surface area contributed by atoms with E-state index in [9.17, 15) is 4.79 Å². The van der Waals surface area contributed by atoms with Gasteiger partial charge >= 0.3 is 6.03 Å². The maximum absolute atomic E-state index is 12.2. The highest BCUT2D eigenvalue weighted by atomic mass is 16.5. The Morgan fingerprint density at radius 3 is 2.75 bits per heavy atom. The molecule has 0 aromatic heterocycles. The fourth-order valence-electron chi connectivity index (χ4n) is 2.60. The topological polar surface area (TPSA) is 67.6 Å². The van der Waals surface area contributed by atoms with Crippen LogP contribution in [0.4, 0.5) is 10.5 Å². The highest BCUT2D eigenvalue weighted by Gasteiger charge is 2.22. The molecule has 1 aliphatic rings. The van der Waals surface area contributed by atoms with Gasteiger partial charge in [0.15, 0.2) is 0 Å². The second kappa shape index (κ2) is 7.14. The normalized spacial score (nSPS) is 16.0. The molecule has 0 aliphatic carbocycles. The van der Waals surface area contributed by atoms with Crippen molar-refractivity contribution in [3.05, 3.63) is 24.3 Å². The lowest BCUT2D eigenvalue weighted by molar-refractivity contribution is 0.180. The van der Waals surface area contributed by atoms with Crippen LogP contribution in [0.1, 0.15) is 19.3 Å². The van der Waals surface area contributed by atoms with E-state index < -0.39 is 0 Å². The van der Waals surface area contributed by atoms with Crippen LogP contribution in [-0.2, 0) is 0 Å². The number of amides is 2. The number of rotatable bonds is 4. The molecule has 1 aromatic carbocycles. The molecular weight excluding hydrogens is 254 g/mol. The summed E-state index contributed by atoms with van der Waals surface area (Å²) >= 11 is 0. The minimum Gasteiger partial charge on any atom is -0.495 e. The Labute approximate surface area is 120 Å². The summed E-state index contributed by atoms with van der Waals surface area (Å²) in [6.07, 6.45) is 3.13. The number of ether oxygens (including phenoxy) is 1. The second-order valence-electron chi connectivity index (χ2n) is 5.14. The maximum atomic E-state index is 12.2. The molecule has 1 aromatic rings. The molecule has 0 atom stereocenters. The molecule has 20 heavy (non-hydrogen) atoms. The summed E-state index contributed by atoms with van der Waals surface area (Å²) in [6, 6.07) is 7.39. The number of likely N-dealkylation sites (tertiary alicyclic amines) is 1. The van der Waals surface area contributed by atoms with Crippen molar-refractivity contribution in [1.82, 2.24) is 4.90 Å². The minimum atomic E-state index is -0.0549. The van der Waals surface area contributed by atoms with Crippen molar-refractivity contribution < 1.29 is 9.53 Å². The Morgan fingerprint density at radius 2 is 2.10 bits per heavy atom. The largest absolute Gasteiger partial charge is 0.495 e. The highest BCUT2D eigenvalue weighted by Crippen LogP contribution is 2.25. The molecule has 5 nitrogen and oxygen atoms in total. The number of carbonyl (C=O) groups is 1. The Balaban J connectivity index is 1.89. The summed E-state index contributed by atoms with van der Waals surface area (Å²) in [4.78, 5) is 14.1. The quantitative estimate of drug-likeness (QED) is 0.887.